The lowest BCUT2D eigenvalue weighted by atomic mass is 10.1. The Morgan fingerprint density at radius 3 is 2.42 bits per heavy atom. The summed E-state index contributed by atoms with van der Waals surface area (Å²) < 4.78 is 27.8. The minimum atomic E-state index is -3.72. The standard InChI is InChI=1S/C24H26N2O3S2/c1-18-8-6-9-20(16-18)17-30-15-14-25-24(27)22-12-7-13-23(19(22)2)26-31(28,29)21-10-4-3-5-11-21/h3-13,16,26H,14-15,17H2,1-2H3,(H,25,27). The van der Waals surface area contributed by atoms with E-state index >= 15 is 0 Å². The number of carbonyl (C=O) groups excluding carboxylic acids is 1. The minimum Gasteiger partial charge on any atom is -0.351 e. The second-order valence-corrected chi connectivity index (χ2v) is 9.98. The van der Waals surface area contributed by atoms with E-state index in [1.807, 2.05) is 0 Å². The number of hydrogen-bond acceptors (Lipinski definition) is 4. The fourth-order valence-corrected chi connectivity index (χ4v) is 5.07. The van der Waals surface area contributed by atoms with Crippen molar-refractivity contribution in [1.82, 2.24) is 5.32 Å². The number of carbonyl (C=O) groups is 1. The third-order valence-corrected chi connectivity index (χ3v) is 7.17. The summed E-state index contributed by atoms with van der Waals surface area (Å²) in [6.45, 7) is 4.35. The van der Waals surface area contributed by atoms with Crippen molar-refractivity contribution >= 4 is 33.4 Å². The van der Waals surface area contributed by atoms with Crippen LogP contribution in [-0.2, 0) is 15.8 Å². The molecule has 0 heterocycles. The van der Waals surface area contributed by atoms with E-state index in [0.717, 1.165) is 11.5 Å². The first-order chi connectivity index (χ1) is 14.9. The normalized spacial score (nSPS) is 11.2. The molecule has 7 heteroatoms. The molecule has 5 nitrogen and oxygen atoms in total. The van der Waals surface area contributed by atoms with Crippen LogP contribution in [-0.4, -0.2) is 26.6 Å². The van der Waals surface area contributed by atoms with E-state index in [2.05, 4.69) is 41.2 Å². The molecular weight excluding hydrogens is 428 g/mol. The molecule has 162 valence electrons. The Hall–Kier alpha value is -2.77. The van der Waals surface area contributed by atoms with Crippen LogP contribution >= 0.6 is 11.8 Å². The summed E-state index contributed by atoms with van der Waals surface area (Å²) in [6.07, 6.45) is 0. The lowest BCUT2D eigenvalue weighted by Crippen LogP contribution is -2.27. The fraction of sp³-hybridized carbons (Fsp3) is 0.208. The molecule has 0 spiro atoms. The van der Waals surface area contributed by atoms with Gasteiger partial charge in [0.25, 0.3) is 15.9 Å². The first-order valence-corrected chi connectivity index (χ1v) is 12.6. The van der Waals surface area contributed by atoms with Crippen LogP contribution in [0.4, 0.5) is 5.69 Å². The number of aryl methyl sites for hydroxylation is 1. The lowest BCUT2D eigenvalue weighted by molar-refractivity contribution is 0.0955. The molecule has 0 atom stereocenters. The van der Waals surface area contributed by atoms with Gasteiger partial charge in [0.2, 0.25) is 0 Å². The highest BCUT2D eigenvalue weighted by Gasteiger charge is 2.17. The highest BCUT2D eigenvalue weighted by molar-refractivity contribution is 7.98. The van der Waals surface area contributed by atoms with E-state index in [4.69, 9.17) is 0 Å². The van der Waals surface area contributed by atoms with Crippen molar-refractivity contribution in [3.8, 4) is 0 Å². The third kappa shape index (κ3) is 6.35. The van der Waals surface area contributed by atoms with Gasteiger partial charge in [0.1, 0.15) is 0 Å². The molecule has 1 amide bonds. The van der Waals surface area contributed by atoms with Crippen molar-refractivity contribution in [2.45, 2.75) is 24.5 Å². The topological polar surface area (TPSA) is 75.3 Å². The van der Waals surface area contributed by atoms with Gasteiger partial charge in [0, 0.05) is 23.6 Å². The predicted octanol–water partition coefficient (Wildman–Crippen LogP) is 4.77. The van der Waals surface area contributed by atoms with Crippen molar-refractivity contribution in [3.05, 3.63) is 95.1 Å². The maximum Gasteiger partial charge on any atom is 0.261 e. The van der Waals surface area contributed by atoms with E-state index in [9.17, 15) is 13.2 Å². The molecule has 0 aliphatic rings. The Morgan fingerprint density at radius 2 is 1.68 bits per heavy atom. The summed E-state index contributed by atoms with van der Waals surface area (Å²) >= 11 is 1.76. The van der Waals surface area contributed by atoms with Gasteiger partial charge in [-0.15, -0.1) is 0 Å². The monoisotopic (exact) mass is 454 g/mol. The molecular formula is C24H26N2O3S2. The Balaban J connectivity index is 1.57. The van der Waals surface area contributed by atoms with Gasteiger partial charge in [-0.3, -0.25) is 9.52 Å². The number of benzene rings is 3. The smallest absolute Gasteiger partial charge is 0.261 e. The molecule has 0 unspecified atom stereocenters. The highest BCUT2D eigenvalue weighted by Crippen LogP contribution is 2.22. The summed E-state index contributed by atoms with van der Waals surface area (Å²) in [5.41, 5.74) is 3.95. The number of rotatable bonds is 9. The zero-order chi connectivity index (χ0) is 22.3. The molecule has 0 saturated carbocycles. The first kappa shape index (κ1) is 22.9. The van der Waals surface area contributed by atoms with Crippen LogP contribution in [0.3, 0.4) is 0 Å². The quantitative estimate of drug-likeness (QED) is 0.457. The SMILES string of the molecule is Cc1cccc(CSCCNC(=O)c2cccc(NS(=O)(=O)c3ccccc3)c2C)c1. The number of thioether (sulfide) groups is 1. The molecule has 3 aromatic rings. The Morgan fingerprint density at radius 1 is 0.935 bits per heavy atom. The molecule has 0 fully saturated rings. The molecule has 31 heavy (non-hydrogen) atoms. The van der Waals surface area contributed by atoms with Gasteiger partial charge in [-0.05, 0) is 49.2 Å². The summed E-state index contributed by atoms with van der Waals surface area (Å²) in [7, 11) is -3.72. The molecule has 0 saturated heterocycles. The van der Waals surface area contributed by atoms with Crippen molar-refractivity contribution < 1.29 is 13.2 Å². The van der Waals surface area contributed by atoms with Crippen LogP contribution in [0.15, 0.2) is 77.7 Å². The molecule has 3 aromatic carbocycles. The van der Waals surface area contributed by atoms with E-state index < -0.39 is 10.0 Å². The molecule has 3 rings (SSSR count). The van der Waals surface area contributed by atoms with Crippen molar-refractivity contribution in [2.75, 3.05) is 17.0 Å². The van der Waals surface area contributed by atoms with Gasteiger partial charge in [0.15, 0.2) is 0 Å². The maximum atomic E-state index is 12.6. The number of amides is 1. The molecule has 0 aliphatic carbocycles. The van der Waals surface area contributed by atoms with E-state index in [0.29, 0.717) is 23.4 Å². The number of sulfonamides is 1. The summed E-state index contributed by atoms with van der Waals surface area (Å²) in [5.74, 6) is 1.47. The Bertz CT molecular complexity index is 1150. The van der Waals surface area contributed by atoms with Crippen molar-refractivity contribution in [2.24, 2.45) is 0 Å². The number of hydrogen-bond donors (Lipinski definition) is 2. The van der Waals surface area contributed by atoms with Crippen LogP contribution in [0.2, 0.25) is 0 Å². The van der Waals surface area contributed by atoms with Gasteiger partial charge < -0.3 is 5.32 Å². The Kier molecular flexibility index (Phi) is 7.76. The van der Waals surface area contributed by atoms with E-state index in [-0.39, 0.29) is 10.8 Å². The average Bonchev–Trinajstić information content (AvgIpc) is 2.75. The van der Waals surface area contributed by atoms with Gasteiger partial charge in [-0.1, -0.05) is 54.1 Å². The van der Waals surface area contributed by atoms with Crippen LogP contribution < -0.4 is 10.0 Å². The maximum absolute atomic E-state index is 12.6. The Labute approximate surface area is 188 Å². The van der Waals surface area contributed by atoms with E-state index in [1.165, 1.54) is 23.3 Å². The lowest BCUT2D eigenvalue weighted by Gasteiger charge is -2.14. The first-order valence-electron chi connectivity index (χ1n) is 9.96. The molecule has 2 N–H and O–H groups in total. The van der Waals surface area contributed by atoms with Crippen LogP contribution in [0.25, 0.3) is 0 Å². The van der Waals surface area contributed by atoms with Gasteiger partial charge in [-0.2, -0.15) is 11.8 Å². The third-order valence-electron chi connectivity index (χ3n) is 4.76. The van der Waals surface area contributed by atoms with Gasteiger partial charge >= 0.3 is 0 Å². The highest BCUT2D eigenvalue weighted by atomic mass is 32.2. The van der Waals surface area contributed by atoms with Crippen molar-refractivity contribution in [1.29, 1.82) is 0 Å². The minimum absolute atomic E-state index is 0.176. The number of nitrogens with one attached hydrogen (secondary N) is 2. The van der Waals surface area contributed by atoms with Gasteiger partial charge in [-0.25, -0.2) is 8.42 Å². The van der Waals surface area contributed by atoms with Gasteiger partial charge in [0.05, 0.1) is 10.6 Å². The summed E-state index contributed by atoms with van der Waals surface area (Å²) in [6, 6.07) is 21.6. The molecule has 0 aromatic heterocycles. The molecule has 0 aliphatic heterocycles. The summed E-state index contributed by atoms with van der Waals surface area (Å²) in [5, 5.41) is 2.92. The summed E-state index contributed by atoms with van der Waals surface area (Å²) in [4.78, 5) is 12.8. The fourth-order valence-electron chi connectivity index (χ4n) is 3.12. The second kappa shape index (κ2) is 10.5. The zero-order valence-electron chi connectivity index (χ0n) is 17.6. The number of anilines is 1. The van der Waals surface area contributed by atoms with Crippen LogP contribution in [0, 0.1) is 13.8 Å². The molecule has 0 bridgehead atoms. The zero-order valence-corrected chi connectivity index (χ0v) is 19.2. The van der Waals surface area contributed by atoms with Crippen LogP contribution in [0.1, 0.15) is 27.0 Å². The second-order valence-electron chi connectivity index (χ2n) is 7.19. The van der Waals surface area contributed by atoms with E-state index in [1.54, 1.807) is 55.1 Å². The van der Waals surface area contributed by atoms with Crippen LogP contribution in [0.5, 0.6) is 0 Å². The molecule has 0 radical (unpaired) electrons. The largest absolute Gasteiger partial charge is 0.351 e. The average molecular weight is 455 g/mol. The predicted molar refractivity (Wildman–Crippen MR) is 128 cm³/mol. The van der Waals surface area contributed by atoms with Crippen molar-refractivity contribution in [3.63, 3.8) is 0 Å².